The molecule has 57 valence electrons. The molecule has 0 saturated carbocycles. The van der Waals surface area contributed by atoms with E-state index in [2.05, 4.69) is 17.2 Å². The van der Waals surface area contributed by atoms with Crippen LogP contribution >= 0.6 is 0 Å². The minimum Gasteiger partial charge on any atom is -0.315 e. The van der Waals surface area contributed by atoms with Gasteiger partial charge in [-0.2, -0.15) is 0 Å². The Hall–Kier alpha value is -0.0800. The van der Waals surface area contributed by atoms with E-state index in [-0.39, 0.29) is 0 Å². The molecule has 2 atom stereocenters. The number of nitrogens with one attached hydrogen (secondary N) is 2. The van der Waals surface area contributed by atoms with Crippen molar-refractivity contribution in [2.45, 2.75) is 25.3 Å². The molecule has 0 aromatic heterocycles. The number of hydrogen-bond acceptors (Lipinski definition) is 2. The Bertz CT molecular complexity index is 102. The summed E-state index contributed by atoms with van der Waals surface area (Å²) < 4.78 is 0. The first kappa shape index (κ1) is 6.62. The molecule has 2 aliphatic heterocycles. The van der Waals surface area contributed by atoms with Gasteiger partial charge in [0.15, 0.2) is 0 Å². The molecule has 2 aliphatic rings. The SMILES string of the molecule is [CH]1CCCC2CNCC2N1. The second-order valence-corrected chi connectivity index (χ2v) is 3.33. The fourth-order valence-electron chi connectivity index (χ4n) is 1.95. The van der Waals surface area contributed by atoms with Gasteiger partial charge in [-0.15, -0.1) is 0 Å². The highest BCUT2D eigenvalue weighted by Crippen LogP contribution is 2.20. The van der Waals surface area contributed by atoms with Gasteiger partial charge in [-0.25, -0.2) is 0 Å². The minimum absolute atomic E-state index is 0.738. The first-order chi connectivity index (χ1) is 4.97. The lowest BCUT2D eigenvalue weighted by atomic mass is 9.99. The molecular weight excluding hydrogens is 124 g/mol. The van der Waals surface area contributed by atoms with Gasteiger partial charge in [0, 0.05) is 19.1 Å². The van der Waals surface area contributed by atoms with Crippen LogP contribution in [0.3, 0.4) is 0 Å². The van der Waals surface area contributed by atoms with Crippen LogP contribution in [0.2, 0.25) is 0 Å². The number of hydrogen-bond donors (Lipinski definition) is 2. The molecule has 1 radical (unpaired) electrons. The van der Waals surface area contributed by atoms with Gasteiger partial charge in [-0.3, -0.25) is 0 Å². The van der Waals surface area contributed by atoms with Crippen LogP contribution < -0.4 is 10.6 Å². The Kier molecular flexibility index (Phi) is 1.91. The van der Waals surface area contributed by atoms with E-state index in [4.69, 9.17) is 0 Å². The maximum absolute atomic E-state index is 3.46. The van der Waals surface area contributed by atoms with Gasteiger partial charge in [0.2, 0.25) is 0 Å². The smallest absolute Gasteiger partial charge is 0.0236 e. The third-order valence-corrected chi connectivity index (χ3v) is 2.60. The average Bonchev–Trinajstić information content (AvgIpc) is 2.28. The monoisotopic (exact) mass is 139 g/mol. The Morgan fingerprint density at radius 1 is 1.30 bits per heavy atom. The third-order valence-electron chi connectivity index (χ3n) is 2.60. The summed E-state index contributed by atoms with van der Waals surface area (Å²) in [4.78, 5) is 0. The van der Waals surface area contributed by atoms with Crippen molar-refractivity contribution in [1.82, 2.24) is 10.6 Å². The molecule has 2 nitrogen and oxygen atoms in total. The van der Waals surface area contributed by atoms with Crippen LogP contribution in [-0.2, 0) is 0 Å². The molecule has 2 heterocycles. The summed E-state index contributed by atoms with van der Waals surface area (Å²) in [5.41, 5.74) is 0. The Morgan fingerprint density at radius 3 is 3.30 bits per heavy atom. The fraction of sp³-hybridized carbons (Fsp3) is 0.875. The summed E-state index contributed by atoms with van der Waals surface area (Å²) in [6.07, 6.45) is 4.03. The molecule has 2 fully saturated rings. The van der Waals surface area contributed by atoms with E-state index in [9.17, 15) is 0 Å². The number of rotatable bonds is 0. The molecule has 0 spiro atoms. The highest BCUT2D eigenvalue weighted by atomic mass is 15.0. The first-order valence-corrected chi connectivity index (χ1v) is 4.25. The maximum Gasteiger partial charge on any atom is 0.0236 e. The highest BCUT2D eigenvalue weighted by Gasteiger charge is 2.27. The molecule has 0 bridgehead atoms. The van der Waals surface area contributed by atoms with Crippen molar-refractivity contribution in [3.63, 3.8) is 0 Å². The zero-order valence-electron chi connectivity index (χ0n) is 6.27. The highest BCUT2D eigenvalue weighted by molar-refractivity contribution is 4.90. The molecule has 0 aromatic carbocycles. The van der Waals surface area contributed by atoms with Gasteiger partial charge in [-0.05, 0) is 25.3 Å². The van der Waals surface area contributed by atoms with Crippen LogP contribution in [0.25, 0.3) is 0 Å². The van der Waals surface area contributed by atoms with Crippen LogP contribution in [0.5, 0.6) is 0 Å². The molecular formula is C8H15N2. The lowest BCUT2D eigenvalue weighted by Crippen LogP contribution is -2.32. The second-order valence-electron chi connectivity index (χ2n) is 3.33. The Balaban J connectivity index is 1.95. The van der Waals surface area contributed by atoms with Gasteiger partial charge in [0.1, 0.15) is 0 Å². The van der Waals surface area contributed by atoms with Gasteiger partial charge < -0.3 is 10.6 Å². The van der Waals surface area contributed by atoms with Crippen LogP contribution in [0.4, 0.5) is 0 Å². The van der Waals surface area contributed by atoms with E-state index in [0.717, 1.165) is 12.0 Å². The molecule has 0 amide bonds. The molecule has 2 unspecified atom stereocenters. The molecule has 2 N–H and O–H groups in total. The minimum atomic E-state index is 0.738. The average molecular weight is 139 g/mol. The normalized spacial score (nSPS) is 40.8. The predicted molar refractivity (Wildman–Crippen MR) is 41.4 cm³/mol. The molecule has 0 aliphatic carbocycles. The van der Waals surface area contributed by atoms with Crippen molar-refractivity contribution < 1.29 is 0 Å². The lowest BCUT2D eigenvalue weighted by molar-refractivity contribution is 0.452. The van der Waals surface area contributed by atoms with Crippen molar-refractivity contribution in [1.29, 1.82) is 0 Å². The van der Waals surface area contributed by atoms with E-state index in [1.807, 2.05) is 0 Å². The number of fused-ring (bicyclic) bond motifs is 1. The summed E-state index contributed by atoms with van der Waals surface area (Å²) in [5.74, 6) is 0.902. The fourth-order valence-corrected chi connectivity index (χ4v) is 1.95. The van der Waals surface area contributed by atoms with Gasteiger partial charge in [0.25, 0.3) is 0 Å². The van der Waals surface area contributed by atoms with Crippen LogP contribution in [0.1, 0.15) is 19.3 Å². The van der Waals surface area contributed by atoms with Crippen molar-refractivity contribution >= 4 is 0 Å². The topological polar surface area (TPSA) is 24.1 Å². The molecule has 0 aromatic rings. The van der Waals surface area contributed by atoms with E-state index in [1.54, 1.807) is 0 Å². The summed E-state index contributed by atoms with van der Waals surface area (Å²) in [6.45, 7) is 4.63. The van der Waals surface area contributed by atoms with Crippen LogP contribution in [-0.4, -0.2) is 19.1 Å². The van der Waals surface area contributed by atoms with Gasteiger partial charge >= 0.3 is 0 Å². The maximum atomic E-state index is 3.46. The largest absolute Gasteiger partial charge is 0.315 e. The molecule has 2 heteroatoms. The van der Waals surface area contributed by atoms with Crippen molar-refractivity contribution in [3.05, 3.63) is 6.54 Å². The van der Waals surface area contributed by atoms with E-state index < -0.39 is 0 Å². The third kappa shape index (κ3) is 1.18. The predicted octanol–water partition coefficient (Wildman–Crippen LogP) is 0.510. The summed E-state index contributed by atoms with van der Waals surface area (Å²) in [6, 6.07) is 0.738. The first-order valence-electron chi connectivity index (χ1n) is 4.25. The zero-order chi connectivity index (χ0) is 6.81. The Labute approximate surface area is 62.4 Å². The van der Waals surface area contributed by atoms with Gasteiger partial charge in [0.05, 0.1) is 0 Å². The van der Waals surface area contributed by atoms with Crippen LogP contribution in [0.15, 0.2) is 0 Å². The van der Waals surface area contributed by atoms with E-state index >= 15 is 0 Å². The standard InChI is InChI=1S/C8H15N2/c1-2-4-10-8-6-9-5-7(8)3-1/h4,7-10H,1-3,5-6H2. The van der Waals surface area contributed by atoms with Gasteiger partial charge in [-0.1, -0.05) is 6.42 Å². The quantitative estimate of drug-likeness (QED) is 0.511. The van der Waals surface area contributed by atoms with Crippen molar-refractivity contribution in [2.75, 3.05) is 13.1 Å². The van der Waals surface area contributed by atoms with E-state index in [0.29, 0.717) is 0 Å². The summed E-state index contributed by atoms with van der Waals surface area (Å²) in [7, 11) is 0. The lowest BCUT2D eigenvalue weighted by Gasteiger charge is -2.14. The molecule has 2 rings (SSSR count). The summed E-state index contributed by atoms with van der Waals surface area (Å²) >= 11 is 0. The second kappa shape index (κ2) is 2.89. The molecule has 10 heavy (non-hydrogen) atoms. The van der Waals surface area contributed by atoms with Crippen LogP contribution in [0, 0.1) is 12.5 Å². The van der Waals surface area contributed by atoms with Crippen molar-refractivity contribution in [2.24, 2.45) is 5.92 Å². The summed E-state index contributed by atoms with van der Waals surface area (Å²) in [5, 5.41) is 6.87. The zero-order valence-corrected chi connectivity index (χ0v) is 6.27. The van der Waals surface area contributed by atoms with Crippen molar-refractivity contribution in [3.8, 4) is 0 Å². The Morgan fingerprint density at radius 2 is 2.30 bits per heavy atom. The molecule has 2 saturated heterocycles. The van der Waals surface area contributed by atoms with E-state index in [1.165, 1.54) is 32.4 Å².